The van der Waals surface area contributed by atoms with Gasteiger partial charge in [0.1, 0.15) is 9.88 Å². The molecule has 0 spiro atoms. The quantitative estimate of drug-likeness (QED) is 0.787. The van der Waals surface area contributed by atoms with Crippen molar-refractivity contribution in [2.24, 2.45) is 0 Å². The molecule has 16 heavy (non-hydrogen) atoms. The minimum atomic E-state index is -0.340. The maximum atomic E-state index is 11.2. The van der Waals surface area contributed by atoms with Gasteiger partial charge in [0.15, 0.2) is 0 Å². The minimum absolute atomic E-state index is 0.340. The number of thiophene rings is 1. The highest BCUT2D eigenvalue weighted by atomic mass is 32.1. The van der Waals surface area contributed by atoms with Gasteiger partial charge in [0.25, 0.3) is 0 Å². The first-order valence-corrected chi connectivity index (χ1v) is 6.25. The van der Waals surface area contributed by atoms with Crippen LogP contribution < -0.4 is 0 Å². The van der Waals surface area contributed by atoms with Gasteiger partial charge in [-0.1, -0.05) is 6.07 Å². The number of hydrogen-bond acceptors (Lipinski definition) is 5. The summed E-state index contributed by atoms with van der Waals surface area (Å²) in [5.41, 5.74) is 0. The van der Waals surface area contributed by atoms with Crippen LogP contribution in [0.15, 0.2) is 23.7 Å². The van der Waals surface area contributed by atoms with E-state index in [0.29, 0.717) is 4.88 Å². The van der Waals surface area contributed by atoms with Crippen LogP contribution >= 0.6 is 22.7 Å². The Kier molecular flexibility index (Phi) is 3.48. The lowest BCUT2D eigenvalue weighted by atomic mass is 10.4. The highest BCUT2D eigenvalue weighted by Crippen LogP contribution is 2.18. The predicted octanol–water partition coefficient (Wildman–Crippen LogP) is 3.16. The average Bonchev–Trinajstić information content (AvgIpc) is 2.96. The molecule has 82 valence electrons. The zero-order valence-corrected chi connectivity index (χ0v) is 10.2. The molecule has 0 saturated heterocycles. The fourth-order valence-corrected chi connectivity index (χ4v) is 2.46. The maximum Gasteiger partial charge on any atom is 0.349 e. The van der Waals surface area contributed by atoms with Crippen molar-refractivity contribution in [1.82, 2.24) is 4.98 Å². The van der Waals surface area contributed by atoms with Gasteiger partial charge in [-0.2, -0.15) is 0 Å². The summed E-state index contributed by atoms with van der Waals surface area (Å²) in [5.74, 6) is -0.340. The molecule has 0 radical (unpaired) electrons. The van der Waals surface area contributed by atoms with Gasteiger partial charge >= 0.3 is 5.97 Å². The van der Waals surface area contributed by atoms with E-state index in [9.17, 15) is 4.79 Å². The van der Waals surface area contributed by atoms with Crippen molar-refractivity contribution in [3.8, 4) is 0 Å². The third kappa shape index (κ3) is 2.56. The Morgan fingerprint density at radius 1 is 1.50 bits per heavy atom. The molecule has 0 N–H and O–H groups in total. The topological polar surface area (TPSA) is 39.2 Å². The lowest BCUT2D eigenvalue weighted by Crippen LogP contribution is -1.96. The minimum Gasteiger partial charge on any atom is -0.465 e. The first-order chi connectivity index (χ1) is 7.79. The number of hydrogen-bond donors (Lipinski definition) is 0. The average molecular weight is 251 g/mol. The van der Waals surface area contributed by atoms with Gasteiger partial charge in [-0.3, -0.25) is 0 Å². The van der Waals surface area contributed by atoms with Crippen LogP contribution in [-0.2, 0) is 4.74 Å². The normalized spacial score (nSPS) is 10.8. The summed E-state index contributed by atoms with van der Waals surface area (Å²) in [7, 11) is 1.36. The molecule has 0 bridgehead atoms. The van der Waals surface area contributed by atoms with Gasteiger partial charge in [-0.15, -0.1) is 22.7 Å². The zero-order valence-electron chi connectivity index (χ0n) is 8.54. The molecule has 5 heteroatoms. The van der Waals surface area contributed by atoms with Crippen molar-refractivity contribution in [3.63, 3.8) is 0 Å². The van der Waals surface area contributed by atoms with Crippen LogP contribution in [-0.4, -0.2) is 18.1 Å². The second-order valence-corrected chi connectivity index (χ2v) is 4.94. The number of nitrogens with zero attached hydrogens (tertiary/aromatic N) is 1. The fourth-order valence-electron chi connectivity index (χ4n) is 1.10. The van der Waals surface area contributed by atoms with Gasteiger partial charge in [0.2, 0.25) is 0 Å². The predicted molar refractivity (Wildman–Crippen MR) is 66.7 cm³/mol. The lowest BCUT2D eigenvalue weighted by Gasteiger charge is -1.90. The van der Waals surface area contributed by atoms with Crippen LogP contribution in [0.2, 0.25) is 0 Å². The number of thiazole rings is 1. The van der Waals surface area contributed by atoms with E-state index in [4.69, 9.17) is 0 Å². The Hall–Kier alpha value is -1.46. The Bertz CT molecular complexity index is 500. The summed E-state index contributed by atoms with van der Waals surface area (Å²) >= 11 is 2.98. The summed E-state index contributed by atoms with van der Waals surface area (Å²) in [6, 6.07) is 4.02. The number of rotatable bonds is 3. The number of aromatic nitrogens is 1. The van der Waals surface area contributed by atoms with E-state index >= 15 is 0 Å². The van der Waals surface area contributed by atoms with Crippen molar-refractivity contribution >= 4 is 40.8 Å². The molecule has 0 saturated carbocycles. The standard InChI is InChI=1S/C11H9NO2S2/c1-14-11(13)9-7-12-10(16-9)5-4-8-3-2-6-15-8/h2-7H,1H3. The van der Waals surface area contributed by atoms with E-state index in [1.54, 1.807) is 11.3 Å². The summed E-state index contributed by atoms with van der Waals surface area (Å²) in [5, 5.41) is 2.82. The Morgan fingerprint density at radius 2 is 2.38 bits per heavy atom. The molecule has 3 nitrogen and oxygen atoms in total. The largest absolute Gasteiger partial charge is 0.465 e. The zero-order chi connectivity index (χ0) is 11.4. The second-order valence-electron chi connectivity index (χ2n) is 2.90. The van der Waals surface area contributed by atoms with Crippen LogP contribution in [0, 0.1) is 0 Å². The summed E-state index contributed by atoms with van der Waals surface area (Å²) in [6.45, 7) is 0. The highest BCUT2D eigenvalue weighted by Gasteiger charge is 2.08. The van der Waals surface area contributed by atoms with E-state index in [1.807, 2.05) is 29.7 Å². The summed E-state index contributed by atoms with van der Waals surface area (Å²) < 4.78 is 4.61. The van der Waals surface area contributed by atoms with Crippen LogP contribution in [0.4, 0.5) is 0 Å². The van der Waals surface area contributed by atoms with E-state index < -0.39 is 0 Å². The van der Waals surface area contributed by atoms with E-state index in [1.165, 1.54) is 24.6 Å². The summed E-state index contributed by atoms with van der Waals surface area (Å²) in [6.07, 6.45) is 5.40. The number of carbonyl (C=O) groups is 1. The molecule has 2 aromatic rings. The van der Waals surface area contributed by atoms with Crippen LogP contribution in [0.5, 0.6) is 0 Å². The Balaban J connectivity index is 2.11. The van der Waals surface area contributed by atoms with Gasteiger partial charge in [-0.25, -0.2) is 9.78 Å². The first-order valence-electron chi connectivity index (χ1n) is 4.55. The fraction of sp³-hybridized carbons (Fsp3) is 0.0909. The molecule has 0 aromatic carbocycles. The third-order valence-corrected chi connectivity index (χ3v) is 3.62. The van der Waals surface area contributed by atoms with Crippen LogP contribution in [0.25, 0.3) is 12.2 Å². The molecule has 0 amide bonds. The highest BCUT2D eigenvalue weighted by molar-refractivity contribution is 7.14. The third-order valence-electron chi connectivity index (χ3n) is 1.84. The first kappa shape index (κ1) is 11.0. The number of ether oxygens (including phenoxy) is 1. The van der Waals surface area contributed by atoms with Gasteiger partial charge in [-0.05, 0) is 23.6 Å². The monoisotopic (exact) mass is 251 g/mol. The molecule has 0 atom stereocenters. The maximum absolute atomic E-state index is 11.2. The molecule has 2 aromatic heterocycles. The number of methoxy groups -OCH3 is 1. The van der Waals surface area contributed by atoms with Crippen molar-refractivity contribution in [1.29, 1.82) is 0 Å². The Morgan fingerprint density at radius 3 is 3.06 bits per heavy atom. The molecule has 0 aliphatic rings. The number of carbonyl (C=O) groups excluding carboxylic acids is 1. The van der Waals surface area contributed by atoms with E-state index in [0.717, 1.165) is 9.88 Å². The Labute approximate surface area is 101 Å². The smallest absolute Gasteiger partial charge is 0.349 e. The molecular weight excluding hydrogens is 242 g/mol. The molecule has 0 aliphatic heterocycles. The van der Waals surface area contributed by atoms with Gasteiger partial charge in [0.05, 0.1) is 13.3 Å². The molecule has 2 heterocycles. The van der Waals surface area contributed by atoms with Gasteiger partial charge < -0.3 is 4.74 Å². The SMILES string of the molecule is COC(=O)c1cnc(C=Cc2cccs2)s1. The molecule has 0 aliphatic carbocycles. The van der Waals surface area contributed by atoms with Crippen molar-refractivity contribution in [2.45, 2.75) is 0 Å². The van der Waals surface area contributed by atoms with E-state index in [-0.39, 0.29) is 5.97 Å². The molecule has 0 unspecified atom stereocenters. The molecular formula is C11H9NO2S2. The lowest BCUT2D eigenvalue weighted by molar-refractivity contribution is 0.0606. The van der Waals surface area contributed by atoms with Gasteiger partial charge in [0, 0.05) is 4.88 Å². The van der Waals surface area contributed by atoms with E-state index in [2.05, 4.69) is 9.72 Å². The van der Waals surface area contributed by atoms with Crippen molar-refractivity contribution in [3.05, 3.63) is 38.5 Å². The summed E-state index contributed by atoms with van der Waals surface area (Å²) in [4.78, 5) is 17.0. The number of esters is 1. The van der Waals surface area contributed by atoms with Crippen molar-refractivity contribution < 1.29 is 9.53 Å². The molecule has 2 rings (SSSR count). The second kappa shape index (κ2) is 5.05. The van der Waals surface area contributed by atoms with Crippen LogP contribution in [0.1, 0.15) is 19.6 Å². The molecule has 0 fully saturated rings. The van der Waals surface area contributed by atoms with Crippen molar-refractivity contribution in [2.75, 3.05) is 7.11 Å². The van der Waals surface area contributed by atoms with Crippen LogP contribution in [0.3, 0.4) is 0 Å².